The van der Waals surface area contributed by atoms with Crippen LogP contribution in [0.1, 0.15) is 103 Å². The Hall–Kier alpha value is -3.84. The van der Waals surface area contributed by atoms with Crippen molar-refractivity contribution in [1.82, 2.24) is 0 Å². The van der Waals surface area contributed by atoms with Crippen molar-refractivity contribution in [1.29, 1.82) is 0 Å². The number of ketones is 1. The topological polar surface area (TPSA) is 93.1 Å². The van der Waals surface area contributed by atoms with E-state index in [0.29, 0.717) is 12.0 Å². The second-order valence-corrected chi connectivity index (χ2v) is 20.7. The molecule has 0 aliphatic heterocycles. The number of carbonyl (C=O) groups excluding carboxylic acids is 2. The van der Waals surface area contributed by atoms with E-state index in [2.05, 4.69) is 63.2 Å². The van der Waals surface area contributed by atoms with Gasteiger partial charge >= 0.3 is 5.97 Å². The van der Waals surface area contributed by atoms with Crippen molar-refractivity contribution in [3.63, 3.8) is 0 Å². The lowest BCUT2D eigenvalue weighted by Gasteiger charge is -2.58. The first kappa shape index (κ1) is 38.4. The largest absolute Gasteiger partial charge is 0.458 e. The summed E-state index contributed by atoms with van der Waals surface area (Å²) in [6.45, 7) is 10.4. The van der Waals surface area contributed by atoms with Crippen LogP contribution in [0.3, 0.4) is 0 Å². The number of Topliss-reactive ketones (excluding diaryl/α,β-unsaturated/α-hetero) is 1. The van der Waals surface area contributed by atoms with Gasteiger partial charge in [0.05, 0.1) is 18.1 Å². The van der Waals surface area contributed by atoms with Crippen molar-refractivity contribution in [3.05, 3.63) is 131 Å². The van der Waals surface area contributed by atoms with Crippen LogP contribution in [0.2, 0.25) is 0 Å². The molecular formula is C52H60O6. The van der Waals surface area contributed by atoms with Gasteiger partial charge in [0.25, 0.3) is 0 Å². The zero-order chi connectivity index (χ0) is 40.5. The molecule has 0 heterocycles. The van der Waals surface area contributed by atoms with Crippen molar-refractivity contribution < 1.29 is 29.3 Å². The third-order valence-electron chi connectivity index (χ3n) is 17.3. The van der Waals surface area contributed by atoms with Crippen LogP contribution in [0.4, 0.5) is 0 Å². The van der Waals surface area contributed by atoms with Crippen molar-refractivity contribution in [2.24, 2.45) is 58.2 Å². The molecule has 0 aromatic heterocycles. The molecule has 0 spiro atoms. The van der Waals surface area contributed by atoms with Gasteiger partial charge in [-0.3, -0.25) is 9.59 Å². The maximum atomic E-state index is 14.6. The standard InChI is InChI=1S/C52H60O6/c1-32-21-43-49(55,45(32)53)30-38(31-57-52(39-15-9-6-10-16-39,40-17-11-7-12-18-40)41-19-13-8-14-20-41)25-42-44-47(4,5)50(44,26-33(2)51(42,43)56)58-46(54)34(3)48-27-35-22-36(28-48)24-37(23-35)29-48/h6-21,25,33-37,42-44,55-56H,22-24,26-31H2,1-5H3/t33-,34-,35?,36?,37?,42+,43-,44-,48?,49-,50+,51-/m1/s1. The third kappa shape index (κ3) is 5.26. The minimum absolute atomic E-state index is 0.0243. The Morgan fingerprint density at radius 3 is 1.79 bits per heavy atom. The number of aliphatic hydroxyl groups is 2. The van der Waals surface area contributed by atoms with Crippen LogP contribution in [0.25, 0.3) is 0 Å². The second-order valence-electron chi connectivity index (χ2n) is 20.7. The quantitative estimate of drug-likeness (QED) is 0.128. The van der Waals surface area contributed by atoms with Gasteiger partial charge in [0, 0.05) is 29.6 Å². The van der Waals surface area contributed by atoms with Gasteiger partial charge in [-0.25, -0.2) is 0 Å². The van der Waals surface area contributed by atoms with E-state index in [9.17, 15) is 19.8 Å². The molecule has 6 fully saturated rings. The normalized spacial score (nSPS) is 39.7. The van der Waals surface area contributed by atoms with Crippen LogP contribution >= 0.6 is 0 Å². The lowest BCUT2D eigenvalue weighted by molar-refractivity contribution is -0.194. The third-order valence-corrected chi connectivity index (χ3v) is 17.3. The van der Waals surface area contributed by atoms with Crippen LogP contribution < -0.4 is 0 Å². The number of hydrogen-bond acceptors (Lipinski definition) is 6. The van der Waals surface area contributed by atoms with E-state index < -0.39 is 39.7 Å². The smallest absolute Gasteiger partial charge is 0.309 e. The zero-order valence-electron chi connectivity index (χ0n) is 34.8. The summed E-state index contributed by atoms with van der Waals surface area (Å²) in [7, 11) is 0. The summed E-state index contributed by atoms with van der Waals surface area (Å²) < 4.78 is 14.3. The number of benzene rings is 3. The van der Waals surface area contributed by atoms with Crippen molar-refractivity contribution in [2.75, 3.05) is 6.61 Å². The fourth-order valence-electron chi connectivity index (χ4n) is 14.8. The van der Waals surface area contributed by atoms with Crippen molar-refractivity contribution in [2.45, 2.75) is 108 Å². The van der Waals surface area contributed by atoms with Gasteiger partial charge in [-0.05, 0) is 109 Å². The molecule has 0 radical (unpaired) electrons. The van der Waals surface area contributed by atoms with Crippen LogP contribution in [-0.2, 0) is 24.7 Å². The van der Waals surface area contributed by atoms with Crippen LogP contribution in [0, 0.1) is 58.2 Å². The maximum Gasteiger partial charge on any atom is 0.309 e. The Bertz CT molecular complexity index is 2040. The van der Waals surface area contributed by atoms with Gasteiger partial charge < -0.3 is 19.7 Å². The molecule has 0 unspecified atom stereocenters. The molecule has 0 amide bonds. The summed E-state index contributed by atoms with van der Waals surface area (Å²) in [6, 6.07) is 30.6. The highest BCUT2D eigenvalue weighted by atomic mass is 16.6. The first-order valence-corrected chi connectivity index (χ1v) is 22.1. The minimum atomic E-state index is -1.84. The number of fused-ring (bicyclic) bond motifs is 5. The number of carbonyl (C=O) groups is 2. The van der Waals surface area contributed by atoms with Gasteiger partial charge in [-0.1, -0.05) is 131 Å². The Morgan fingerprint density at radius 1 is 0.793 bits per heavy atom. The van der Waals surface area contributed by atoms with Crippen LogP contribution in [-0.4, -0.2) is 45.4 Å². The average Bonchev–Trinajstić information content (AvgIpc) is 3.62. The molecule has 6 heteroatoms. The molecule has 11 rings (SSSR count). The molecule has 3 aromatic rings. The Kier molecular flexibility index (Phi) is 8.65. The molecule has 2 N–H and O–H groups in total. The highest BCUT2D eigenvalue weighted by Gasteiger charge is 2.83. The number of hydrogen-bond donors (Lipinski definition) is 2. The van der Waals surface area contributed by atoms with Crippen molar-refractivity contribution >= 4 is 11.8 Å². The summed E-state index contributed by atoms with van der Waals surface area (Å²) in [5, 5.41) is 26.1. The van der Waals surface area contributed by atoms with Gasteiger partial charge in [0.15, 0.2) is 5.78 Å². The Balaban J connectivity index is 1.04. The summed E-state index contributed by atoms with van der Waals surface area (Å²) in [6.07, 6.45) is 11.8. The average molecular weight is 781 g/mol. The van der Waals surface area contributed by atoms with Gasteiger partial charge in [-0.15, -0.1) is 0 Å². The molecule has 4 bridgehead atoms. The lowest BCUT2D eigenvalue weighted by atomic mass is 9.46. The van der Waals surface area contributed by atoms with Gasteiger partial charge in [0.1, 0.15) is 16.8 Å². The molecule has 0 saturated heterocycles. The predicted octanol–water partition coefficient (Wildman–Crippen LogP) is 9.38. The molecular weight excluding hydrogens is 721 g/mol. The molecule has 8 atom stereocenters. The molecule has 8 aliphatic rings. The fraction of sp³-hybridized carbons (Fsp3) is 0.538. The SMILES string of the molecule is CC1=C[C@H]2[C@@]3(O)[C@H](C)C[C@]4(OC(=O)[C@@H](C)C56CC7CC(CC(C7)C5)C6)[C@H]([C@@H]3C=C(COC(c3ccccc3)(c3ccccc3)c3ccccc3)C[C@]2(O)C1=O)C4(C)C. The van der Waals surface area contributed by atoms with Crippen LogP contribution in [0.15, 0.2) is 114 Å². The fourth-order valence-corrected chi connectivity index (χ4v) is 14.8. The molecule has 8 aliphatic carbocycles. The van der Waals surface area contributed by atoms with Crippen molar-refractivity contribution in [3.8, 4) is 0 Å². The highest BCUT2D eigenvalue weighted by molar-refractivity contribution is 6.04. The van der Waals surface area contributed by atoms with E-state index in [-0.39, 0.29) is 47.9 Å². The van der Waals surface area contributed by atoms with E-state index in [0.717, 1.165) is 59.3 Å². The first-order chi connectivity index (χ1) is 27.7. The second kappa shape index (κ2) is 13.1. The molecule has 6 saturated carbocycles. The van der Waals surface area contributed by atoms with Crippen LogP contribution in [0.5, 0.6) is 0 Å². The summed E-state index contributed by atoms with van der Waals surface area (Å²) >= 11 is 0. The van der Waals surface area contributed by atoms with E-state index in [1.807, 2.05) is 67.6 Å². The Morgan fingerprint density at radius 2 is 1.29 bits per heavy atom. The molecule has 6 nitrogen and oxygen atoms in total. The molecule has 304 valence electrons. The zero-order valence-corrected chi connectivity index (χ0v) is 34.8. The van der Waals surface area contributed by atoms with E-state index in [1.54, 1.807) is 6.92 Å². The lowest BCUT2D eigenvalue weighted by Crippen LogP contribution is -2.61. The summed E-state index contributed by atoms with van der Waals surface area (Å²) in [4.78, 5) is 28.8. The van der Waals surface area contributed by atoms with E-state index in [4.69, 9.17) is 9.47 Å². The van der Waals surface area contributed by atoms with Gasteiger partial charge in [-0.2, -0.15) is 0 Å². The number of ether oxygens (including phenoxy) is 2. The molecule has 3 aromatic carbocycles. The summed E-state index contributed by atoms with van der Waals surface area (Å²) in [5.41, 5.74) is -1.40. The number of rotatable bonds is 9. The number of esters is 1. The molecule has 58 heavy (non-hydrogen) atoms. The monoisotopic (exact) mass is 780 g/mol. The maximum absolute atomic E-state index is 14.6. The highest BCUT2D eigenvalue weighted by Crippen LogP contribution is 2.77. The first-order valence-electron chi connectivity index (χ1n) is 22.1. The predicted molar refractivity (Wildman–Crippen MR) is 223 cm³/mol. The van der Waals surface area contributed by atoms with E-state index in [1.165, 1.54) is 19.3 Å². The summed E-state index contributed by atoms with van der Waals surface area (Å²) in [5.74, 6) is -0.301. The Labute approximate surface area is 344 Å². The van der Waals surface area contributed by atoms with E-state index >= 15 is 0 Å². The van der Waals surface area contributed by atoms with Gasteiger partial charge in [0.2, 0.25) is 0 Å². The minimum Gasteiger partial charge on any atom is -0.458 e.